The fourth-order valence-corrected chi connectivity index (χ4v) is 2.61. The second-order valence-corrected chi connectivity index (χ2v) is 5.05. The summed E-state index contributed by atoms with van der Waals surface area (Å²) in [5, 5.41) is 3.36. The third-order valence-electron chi connectivity index (χ3n) is 3.57. The molecule has 18 heavy (non-hydrogen) atoms. The predicted molar refractivity (Wildman–Crippen MR) is 74.3 cm³/mol. The lowest BCUT2D eigenvalue weighted by molar-refractivity contribution is 0.345. The summed E-state index contributed by atoms with van der Waals surface area (Å²) in [6, 6.07) is 1.84. The number of hydrazine groups is 1. The topological polar surface area (TPSA) is 75.9 Å². The SMILES string of the molecule is Cc1nc(NN)cc(NCCC2CCCCC2)n1. The Hall–Kier alpha value is -1.36. The minimum absolute atomic E-state index is 0.655. The van der Waals surface area contributed by atoms with Crippen molar-refractivity contribution in [3.8, 4) is 0 Å². The molecule has 0 aliphatic heterocycles. The number of nitrogens with one attached hydrogen (secondary N) is 2. The van der Waals surface area contributed by atoms with E-state index in [4.69, 9.17) is 5.84 Å². The Kier molecular flexibility index (Phi) is 4.75. The first kappa shape index (κ1) is 13.1. The number of aromatic nitrogens is 2. The molecule has 0 radical (unpaired) electrons. The highest BCUT2D eigenvalue weighted by molar-refractivity contribution is 5.46. The highest BCUT2D eigenvalue weighted by atomic mass is 15.3. The normalized spacial score (nSPS) is 16.6. The lowest BCUT2D eigenvalue weighted by atomic mass is 9.87. The van der Waals surface area contributed by atoms with Gasteiger partial charge in [-0.15, -0.1) is 0 Å². The number of rotatable bonds is 5. The number of nitrogens with zero attached hydrogens (tertiary/aromatic N) is 2. The Morgan fingerprint density at radius 2 is 1.94 bits per heavy atom. The van der Waals surface area contributed by atoms with Crippen LogP contribution in [0.15, 0.2) is 6.07 Å². The Bertz CT molecular complexity index is 374. The molecule has 1 aromatic heterocycles. The first-order valence-corrected chi connectivity index (χ1v) is 6.84. The highest BCUT2D eigenvalue weighted by Crippen LogP contribution is 2.26. The van der Waals surface area contributed by atoms with Gasteiger partial charge in [0, 0.05) is 12.6 Å². The molecule has 0 aromatic carbocycles. The highest BCUT2D eigenvalue weighted by Gasteiger charge is 2.12. The molecule has 1 heterocycles. The van der Waals surface area contributed by atoms with Gasteiger partial charge in [-0.3, -0.25) is 0 Å². The molecule has 1 fully saturated rings. The van der Waals surface area contributed by atoms with Crippen molar-refractivity contribution in [3.63, 3.8) is 0 Å². The summed E-state index contributed by atoms with van der Waals surface area (Å²) in [5.74, 6) is 8.49. The van der Waals surface area contributed by atoms with E-state index in [1.807, 2.05) is 13.0 Å². The van der Waals surface area contributed by atoms with Crippen LogP contribution >= 0.6 is 0 Å². The van der Waals surface area contributed by atoms with E-state index in [2.05, 4.69) is 20.7 Å². The molecule has 2 rings (SSSR count). The van der Waals surface area contributed by atoms with E-state index in [1.54, 1.807) is 0 Å². The monoisotopic (exact) mass is 249 g/mol. The maximum Gasteiger partial charge on any atom is 0.145 e. The lowest BCUT2D eigenvalue weighted by Crippen LogP contribution is -2.14. The molecule has 0 spiro atoms. The first-order chi connectivity index (χ1) is 8.78. The molecule has 100 valence electrons. The van der Waals surface area contributed by atoms with Gasteiger partial charge >= 0.3 is 0 Å². The van der Waals surface area contributed by atoms with Crippen molar-refractivity contribution in [3.05, 3.63) is 11.9 Å². The van der Waals surface area contributed by atoms with Crippen molar-refractivity contribution in [2.45, 2.75) is 45.4 Å². The molecule has 0 amide bonds. The van der Waals surface area contributed by atoms with E-state index in [0.717, 1.165) is 24.1 Å². The first-order valence-electron chi connectivity index (χ1n) is 6.84. The summed E-state index contributed by atoms with van der Waals surface area (Å²) in [4.78, 5) is 8.51. The Morgan fingerprint density at radius 1 is 1.22 bits per heavy atom. The van der Waals surface area contributed by atoms with Crippen LogP contribution in [-0.2, 0) is 0 Å². The van der Waals surface area contributed by atoms with Gasteiger partial charge in [-0.1, -0.05) is 32.1 Å². The molecule has 5 heteroatoms. The summed E-state index contributed by atoms with van der Waals surface area (Å²) < 4.78 is 0. The van der Waals surface area contributed by atoms with Crippen LogP contribution in [0.3, 0.4) is 0 Å². The molecule has 4 N–H and O–H groups in total. The molecule has 0 atom stereocenters. The van der Waals surface area contributed by atoms with Gasteiger partial charge in [-0.05, 0) is 19.3 Å². The Balaban J connectivity index is 1.80. The van der Waals surface area contributed by atoms with Crippen LogP contribution in [0, 0.1) is 12.8 Å². The summed E-state index contributed by atoms with van der Waals surface area (Å²) in [5.41, 5.74) is 2.56. The summed E-state index contributed by atoms with van der Waals surface area (Å²) in [6.07, 6.45) is 8.23. The van der Waals surface area contributed by atoms with E-state index in [1.165, 1.54) is 38.5 Å². The number of aryl methyl sites for hydroxylation is 1. The predicted octanol–water partition coefficient (Wildman–Crippen LogP) is 2.45. The quantitative estimate of drug-likeness (QED) is 0.552. The Morgan fingerprint density at radius 3 is 2.67 bits per heavy atom. The zero-order valence-corrected chi connectivity index (χ0v) is 11.1. The largest absolute Gasteiger partial charge is 0.370 e. The number of nitrogens with two attached hydrogens (primary N) is 1. The van der Waals surface area contributed by atoms with Crippen molar-refractivity contribution in [2.24, 2.45) is 11.8 Å². The summed E-state index contributed by atoms with van der Waals surface area (Å²) >= 11 is 0. The second-order valence-electron chi connectivity index (χ2n) is 5.05. The molecule has 1 aliphatic rings. The van der Waals surface area contributed by atoms with Crippen molar-refractivity contribution >= 4 is 11.6 Å². The standard InChI is InChI=1S/C13H23N5/c1-10-16-12(9-13(17-10)18-14)15-8-7-11-5-3-2-4-6-11/h9,11H,2-8,14H2,1H3,(H2,15,16,17,18). The van der Waals surface area contributed by atoms with Gasteiger partial charge in [-0.25, -0.2) is 15.8 Å². The smallest absolute Gasteiger partial charge is 0.145 e. The fourth-order valence-electron chi connectivity index (χ4n) is 2.61. The van der Waals surface area contributed by atoms with E-state index >= 15 is 0 Å². The molecule has 0 unspecified atom stereocenters. The van der Waals surface area contributed by atoms with Gasteiger partial charge in [0.2, 0.25) is 0 Å². The zero-order valence-electron chi connectivity index (χ0n) is 11.1. The van der Waals surface area contributed by atoms with Crippen LogP contribution in [0.4, 0.5) is 11.6 Å². The van der Waals surface area contributed by atoms with Gasteiger partial charge in [0.15, 0.2) is 0 Å². The maximum atomic E-state index is 5.37. The molecule has 1 saturated carbocycles. The summed E-state index contributed by atoms with van der Waals surface area (Å²) in [6.45, 7) is 2.85. The van der Waals surface area contributed by atoms with Crippen LogP contribution in [-0.4, -0.2) is 16.5 Å². The average Bonchev–Trinajstić information content (AvgIpc) is 2.39. The van der Waals surface area contributed by atoms with E-state index in [9.17, 15) is 0 Å². The number of hydrogen-bond donors (Lipinski definition) is 3. The number of hydrogen-bond acceptors (Lipinski definition) is 5. The molecular weight excluding hydrogens is 226 g/mol. The molecule has 5 nitrogen and oxygen atoms in total. The Labute approximate surface area is 109 Å². The van der Waals surface area contributed by atoms with Crippen LogP contribution < -0.4 is 16.6 Å². The van der Waals surface area contributed by atoms with Gasteiger partial charge in [-0.2, -0.15) is 0 Å². The summed E-state index contributed by atoms with van der Waals surface area (Å²) in [7, 11) is 0. The van der Waals surface area contributed by atoms with Crippen LogP contribution in [0.5, 0.6) is 0 Å². The number of nitrogen functional groups attached to an aromatic ring is 1. The van der Waals surface area contributed by atoms with E-state index in [-0.39, 0.29) is 0 Å². The van der Waals surface area contributed by atoms with Gasteiger partial charge < -0.3 is 10.7 Å². The molecular formula is C13H23N5. The number of anilines is 2. The van der Waals surface area contributed by atoms with E-state index in [0.29, 0.717) is 5.82 Å². The fraction of sp³-hybridized carbons (Fsp3) is 0.692. The molecule has 0 bridgehead atoms. The maximum absolute atomic E-state index is 5.37. The van der Waals surface area contributed by atoms with Crippen LogP contribution in [0.2, 0.25) is 0 Å². The van der Waals surface area contributed by atoms with Crippen LogP contribution in [0.1, 0.15) is 44.3 Å². The minimum atomic E-state index is 0.655. The third-order valence-corrected chi connectivity index (χ3v) is 3.57. The van der Waals surface area contributed by atoms with Crippen molar-refractivity contribution in [1.82, 2.24) is 9.97 Å². The van der Waals surface area contributed by atoms with Crippen molar-refractivity contribution in [2.75, 3.05) is 17.3 Å². The van der Waals surface area contributed by atoms with E-state index < -0.39 is 0 Å². The average molecular weight is 249 g/mol. The zero-order chi connectivity index (χ0) is 12.8. The molecule has 0 saturated heterocycles. The van der Waals surface area contributed by atoms with Gasteiger partial charge in [0.1, 0.15) is 17.5 Å². The second kappa shape index (κ2) is 6.54. The minimum Gasteiger partial charge on any atom is -0.370 e. The van der Waals surface area contributed by atoms with Crippen molar-refractivity contribution < 1.29 is 0 Å². The molecule has 1 aliphatic carbocycles. The van der Waals surface area contributed by atoms with Crippen LogP contribution in [0.25, 0.3) is 0 Å². The van der Waals surface area contributed by atoms with Gasteiger partial charge in [0.05, 0.1) is 0 Å². The third kappa shape index (κ3) is 3.84. The van der Waals surface area contributed by atoms with Gasteiger partial charge in [0.25, 0.3) is 0 Å². The van der Waals surface area contributed by atoms with Crippen molar-refractivity contribution in [1.29, 1.82) is 0 Å². The lowest BCUT2D eigenvalue weighted by Gasteiger charge is -2.21. The molecule has 1 aromatic rings.